The van der Waals surface area contributed by atoms with Crippen LogP contribution in [0.25, 0.3) is 0 Å². The maximum atomic E-state index is 13.0. The Morgan fingerprint density at radius 2 is 1.95 bits per heavy atom. The van der Waals surface area contributed by atoms with Gasteiger partial charge in [0.25, 0.3) is 0 Å². The third-order valence-corrected chi connectivity index (χ3v) is 2.71. The molecular formula is C14H20FN3O2. The highest BCUT2D eigenvalue weighted by Gasteiger charge is 2.13. The molecule has 6 heteroatoms. The third-order valence-electron chi connectivity index (χ3n) is 2.71. The molecule has 110 valence electrons. The molecule has 0 aliphatic rings. The van der Waals surface area contributed by atoms with E-state index in [-0.39, 0.29) is 18.4 Å². The van der Waals surface area contributed by atoms with Gasteiger partial charge in [-0.2, -0.15) is 0 Å². The highest BCUT2D eigenvalue weighted by Crippen LogP contribution is 2.09. The zero-order valence-electron chi connectivity index (χ0n) is 12.0. The van der Waals surface area contributed by atoms with Crippen molar-refractivity contribution in [3.8, 4) is 0 Å². The molecule has 0 aliphatic heterocycles. The normalized spacial score (nSPS) is 10.4. The van der Waals surface area contributed by atoms with Gasteiger partial charge in [0.2, 0.25) is 11.8 Å². The van der Waals surface area contributed by atoms with Crippen LogP contribution in [0.1, 0.15) is 6.92 Å². The highest BCUT2D eigenvalue weighted by molar-refractivity contribution is 5.94. The Balaban J connectivity index is 2.55. The minimum atomic E-state index is -0.418. The molecule has 1 N–H and O–H groups in total. The SMILES string of the molecule is CC(=O)N(CCN(C)C)CC(=O)Nc1cccc(F)c1. The van der Waals surface area contributed by atoms with Crippen molar-refractivity contribution in [2.75, 3.05) is 39.0 Å². The quantitative estimate of drug-likeness (QED) is 0.851. The van der Waals surface area contributed by atoms with Crippen molar-refractivity contribution < 1.29 is 14.0 Å². The van der Waals surface area contributed by atoms with Crippen LogP contribution >= 0.6 is 0 Å². The summed E-state index contributed by atoms with van der Waals surface area (Å²) in [6, 6.07) is 5.64. The summed E-state index contributed by atoms with van der Waals surface area (Å²) in [6.45, 7) is 2.52. The van der Waals surface area contributed by atoms with E-state index in [1.54, 1.807) is 6.07 Å². The molecule has 0 aromatic heterocycles. The molecule has 0 bridgehead atoms. The standard InChI is InChI=1S/C14H20FN3O2/c1-11(19)18(8-7-17(2)3)10-14(20)16-13-6-4-5-12(15)9-13/h4-6,9H,7-8,10H2,1-3H3,(H,16,20). The van der Waals surface area contributed by atoms with Crippen LogP contribution in [-0.4, -0.2) is 55.3 Å². The van der Waals surface area contributed by atoms with Crippen molar-refractivity contribution in [2.24, 2.45) is 0 Å². The van der Waals surface area contributed by atoms with Crippen molar-refractivity contribution in [1.82, 2.24) is 9.80 Å². The lowest BCUT2D eigenvalue weighted by atomic mass is 10.3. The number of hydrogen-bond acceptors (Lipinski definition) is 3. The van der Waals surface area contributed by atoms with E-state index in [1.165, 1.54) is 30.0 Å². The lowest BCUT2D eigenvalue weighted by Gasteiger charge is -2.22. The molecule has 0 atom stereocenters. The van der Waals surface area contributed by atoms with E-state index in [9.17, 15) is 14.0 Å². The number of benzene rings is 1. The average Bonchev–Trinajstić information content (AvgIpc) is 2.33. The Labute approximate surface area is 118 Å². The second-order valence-corrected chi connectivity index (χ2v) is 4.80. The summed E-state index contributed by atoms with van der Waals surface area (Å²) in [7, 11) is 3.79. The van der Waals surface area contributed by atoms with Crippen LogP contribution < -0.4 is 5.32 Å². The number of likely N-dealkylation sites (N-methyl/N-ethyl adjacent to an activating group) is 1. The maximum absolute atomic E-state index is 13.0. The summed E-state index contributed by atoms with van der Waals surface area (Å²) in [5, 5.41) is 2.57. The predicted octanol–water partition coefficient (Wildman–Crippen LogP) is 1.17. The van der Waals surface area contributed by atoms with E-state index in [0.717, 1.165) is 0 Å². The maximum Gasteiger partial charge on any atom is 0.243 e. The molecule has 1 rings (SSSR count). The lowest BCUT2D eigenvalue weighted by Crippen LogP contribution is -2.40. The number of halogens is 1. The van der Waals surface area contributed by atoms with Crippen molar-refractivity contribution in [1.29, 1.82) is 0 Å². The second-order valence-electron chi connectivity index (χ2n) is 4.80. The monoisotopic (exact) mass is 281 g/mol. The molecule has 5 nitrogen and oxygen atoms in total. The highest BCUT2D eigenvalue weighted by atomic mass is 19.1. The number of carbonyl (C=O) groups is 2. The van der Waals surface area contributed by atoms with Crippen LogP contribution in [0.3, 0.4) is 0 Å². The van der Waals surface area contributed by atoms with Crippen molar-refractivity contribution >= 4 is 17.5 Å². The number of nitrogens with one attached hydrogen (secondary N) is 1. The average molecular weight is 281 g/mol. The van der Waals surface area contributed by atoms with Crippen LogP contribution in [0.5, 0.6) is 0 Å². The molecule has 0 spiro atoms. The molecule has 0 heterocycles. The van der Waals surface area contributed by atoms with E-state index in [0.29, 0.717) is 18.8 Å². The summed E-state index contributed by atoms with van der Waals surface area (Å²) in [4.78, 5) is 26.7. The molecule has 0 aliphatic carbocycles. The minimum Gasteiger partial charge on any atom is -0.332 e. The number of rotatable bonds is 6. The van der Waals surface area contributed by atoms with Crippen LogP contribution in [0, 0.1) is 5.82 Å². The number of anilines is 1. The van der Waals surface area contributed by atoms with Gasteiger partial charge in [-0.05, 0) is 32.3 Å². The topological polar surface area (TPSA) is 52.7 Å². The fourth-order valence-corrected chi connectivity index (χ4v) is 1.61. The first-order valence-electron chi connectivity index (χ1n) is 6.34. The Hall–Kier alpha value is -1.95. The van der Waals surface area contributed by atoms with Crippen LogP contribution in [0.2, 0.25) is 0 Å². The summed E-state index contributed by atoms with van der Waals surface area (Å²) in [5.41, 5.74) is 0.381. The first kappa shape index (κ1) is 16.1. The summed E-state index contributed by atoms with van der Waals surface area (Å²) in [5.74, 6) is -0.926. The van der Waals surface area contributed by atoms with Gasteiger partial charge in [0.15, 0.2) is 0 Å². The van der Waals surface area contributed by atoms with Crippen molar-refractivity contribution in [2.45, 2.75) is 6.92 Å². The molecule has 2 amide bonds. The van der Waals surface area contributed by atoms with Crippen molar-refractivity contribution in [3.05, 3.63) is 30.1 Å². The van der Waals surface area contributed by atoms with E-state index < -0.39 is 5.82 Å². The zero-order chi connectivity index (χ0) is 15.1. The predicted molar refractivity (Wildman–Crippen MR) is 75.8 cm³/mol. The van der Waals surface area contributed by atoms with Gasteiger partial charge in [0, 0.05) is 25.7 Å². The van der Waals surface area contributed by atoms with E-state index in [2.05, 4.69) is 5.32 Å². The van der Waals surface area contributed by atoms with Gasteiger partial charge in [-0.15, -0.1) is 0 Å². The molecule has 0 fully saturated rings. The lowest BCUT2D eigenvalue weighted by molar-refractivity contribution is -0.132. The Kier molecular flexibility index (Phi) is 6.11. The first-order valence-corrected chi connectivity index (χ1v) is 6.34. The number of amides is 2. The van der Waals surface area contributed by atoms with E-state index >= 15 is 0 Å². The number of carbonyl (C=O) groups excluding carboxylic acids is 2. The Morgan fingerprint density at radius 1 is 1.25 bits per heavy atom. The fraction of sp³-hybridized carbons (Fsp3) is 0.429. The number of nitrogens with zero attached hydrogens (tertiary/aromatic N) is 2. The van der Waals surface area contributed by atoms with Gasteiger partial charge in [-0.3, -0.25) is 9.59 Å². The molecular weight excluding hydrogens is 261 g/mol. The van der Waals surface area contributed by atoms with Crippen LogP contribution in [0.15, 0.2) is 24.3 Å². The molecule has 0 saturated heterocycles. The number of hydrogen-bond donors (Lipinski definition) is 1. The van der Waals surface area contributed by atoms with Gasteiger partial charge < -0.3 is 15.1 Å². The van der Waals surface area contributed by atoms with Gasteiger partial charge in [0.1, 0.15) is 5.82 Å². The molecule has 0 radical (unpaired) electrons. The minimum absolute atomic E-state index is 0.0420. The summed E-state index contributed by atoms with van der Waals surface area (Å²) >= 11 is 0. The van der Waals surface area contributed by atoms with Gasteiger partial charge in [-0.1, -0.05) is 6.07 Å². The van der Waals surface area contributed by atoms with Gasteiger partial charge in [-0.25, -0.2) is 4.39 Å². The largest absolute Gasteiger partial charge is 0.332 e. The van der Waals surface area contributed by atoms with Gasteiger partial charge in [0.05, 0.1) is 6.54 Å². The zero-order valence-corrected chi connectivity index (χ0v) is 12.0. The van der Waals surface area contributed by atoms with Crippen LogP contribution in [-0.2, 0) is 9.59 Å². The molecule has 1 aromatic rings. The first-order chi connectivity index (χ1) is 9.38. The molecule has 1 aromatic carbocycles. The van der Waals surface area contributed by atoms with E-state index in [4.69, 9.17) is 0 Å². The molecule has 20 heavy (non-hydrogen) atoms. The smallest absolute Gasteiger partial charge is 0.243 e. The van der Waals surface area contributed by atoms with Gasteiger partial charge >= 0.3 is 0 Å². The molecule has 0 unspecified atom stereocenters. The third kappa shape index (κ3) is 5.79. The second kappa shape index (κ2) is 7.59. The van der Waals surface area contributed by atoms with E-state index in [1.807, 2.05) is 19.0 Å². The Bertz CT molecular complexity index is 477. The summed E-state index contributed by atoms with van der Waals surface area (Å²) in [6.07, 6.45) is 0. The fourth-order valence-electron chi connectivity index (χ4n) is 1.61. The molecule has 0 saturated carbocycles. The van der Waals surface area contributed by atoms with Crippen LogP contribution in [0.4, 0.5) is 10.1 Å². The van der Waals surface area contributed by atoms with Crippen molar-refractivity contribution in [3.63, 3.8) is 0 Å². The Morgan fingerprint density at radius 3 is 2.50 bits per heavy atom. The summed E-state index contributed by atoms with van der Waals surface area (Å²) < 4.78 is 13.0.